The second kappa shape index (κ2) is 19.5. The molecule has 0 spiro atoms. The van der Waals surface area contributed by atoms with E-state index in [-0.39, 0.29) is 43.6 Å². The lowest BCUT2D eigenvalue weighted by molar-refractivity contribution is -0.146. The quantitative estimate of drug-likeness (QED) is 0.106. The van der Waals surface area contributed by atoms with Crippen LogP contribution in [-0.2, 0) is 24.4 Å². The molecular weight excluding hydrogens is 885 g/mol. The Kier molecular flexibility index (Phi) is 14.5. The van der Waals surface area contributed by atoms with Crippen LogP contribution in [0.3, 0.4) is 0 Å². The number of carbonyl (C=O) groups is 4. The second-order valence-corrected chi connectivity index (χ2v) is 23.3. The normalized spacial score (nSPS) is 24.9. The number of anilines is 1. The third-order valence-corrected chi connectivity index (χ3v) is 16.7. The number of methoxy groups -OCH3 is 1. The van der Waals surface area contributed by atoms with Gasteiger partial charge in [0.2, 0.25) is 21.8 Å². The molecular formula is C47H68N8O9S2. The number of nitrogens with zero attached hydrogens (tertiary/aromatic N) is 4. The number of hydrogen-bond donors (Lipinski definition) is 5. The summed E-state index contributed by atoms with van der Waals surface area (Å²) < 4.78 is 39.9. The average molecular weight is 953 g/mol. The Hall–Kier alpha value is -4.75. The van der Waals surface area contributed by atoms with Crippen LogP contribution in [0.15, 0.2) is 29.6 Å². The molecule has 2 aromatic heterocycles. The first-order valence-electron chi connectivity index (χ1n) is 23.4. The van der Waals surface area contributed by atoms with Crippen LogP contribution in [0.1, 0.15) is 113 Å². The minimum Gasteiger partial charge on any atom is -0.497 e. The molecule has 2 saturated carbocycles. The number of thiazole rings is 1. The van der Waals surface area contributed by atoms with Crippen molar-refractivity contribution in [3.8, 4) is 22.9 Å². The van der Waals surface area contributed by atoms with E-state index in [0.29, 0.717) is 66.0 Å². The zero-order valence-corrected chi connectivity index (χ0v) is 41.2. The Morgan fingerprint density at radius 1 is 1.02 bits per heavy atom. The Morgan fingerprint density at radius 2 is 1.76 bits per heavy atom. The van der Waals surface area contributed by atoms with Gasteiger partial charge in [0.15, 0.2) is 5.13 Å². The monoisotopic (exact) mass is 952 g/mol. The van der Waals surface area contributed by atoms with Crippen LogP contribution >= 0.6 is 11.3 Å². The van der Waals surface area contributed by atoms with E-state index in [4.69, 9.17) is 19.4 Å². The van der Waals surface area contributed by atoms with Gasteiger partial charge in [0, 0.05) is 54.5 Å². The Balaban J connectivity index is 1.22. The summed E-state index contributed by atoms with van der Waals surface area (Å²) in [6.45, 7) is 14.2. The number of ether oxygens (including phenoxy) is 2. The van der Waals surface area contributed by atoms with E-state index < -0.39 is 74.4 Å². The first kappa shape index (κ1) is 49.2. The van der Waals surface area contributed by atoms with Gasteiger partial charge in [-0.1, -0.05) is 60.3 Å². The summed E-state index contributed by atoms with van der Waals surface area (Å²) >= 11 is 1.46. The smallest absolute Gasteiger partial charge is 0.329 e. The van der Waals surface area contributed by atoms with Crippen molar-refractivity contribution in [2.45, 2.75) is 148 Å². The van der Waals surface area contributed by atoms with Crippen LogP contribution in [-0.4, -0.2) is 125 Å². The number of urea groups is 1. The number of carbonyl (C=O) groups excluding carboxylic acids is 3. The van der Waals surface area contributed by atoms with E-state index in [1.54, 1.807) is 25.3 Å². The highest BCUT2D eigenvalue weighted by atomic mass is 32.2. The predicted molar refractivity (Wildman–Crippen MR) is 254 cm³/mol. The highest BCUT2D eigenvalue weighted by molar-refractivity contribution is 7.89. The number of likely N-dealkylation sites (tertiary alicyclic amines) is 1. The summed E-state index contributed by atoms with van der Waals surface area (Å²) in [4.78, 5) is 68.1. The van der Waals surface area contributed by atoms with Crippen molar-refractivity contribution >= 4 is 61.2 Å². The molecule has 19 heteroatoms. The molecule has 0 radical (unpaired) electrons. The molecule has 3 aromatic rings. The van der Waals surface area contributed by atoms with Crippen LogP contribution < -0.4 is 30.7 Å². The van der Waals surface area contributed by atoms with E-state index in [1.165, 1.54) is 20.5 Å². The Labute approximate surface area is 392 Å². The van der Waals surface area contributed by atoms with E-state index in [1.807, 2.05) is 59.9 Å². The van der Waals surface area contributed by atoms with E-state index in [0.717, 1.165) is 30.8 Å². The molecule has 2 unspecified atom stereocenters. The van der Waals surface area contributed by atoms with E-state index in [2.05, 4.69) is 21.3 Å². The molecule has 5 N–H and O–H groups in total. The van der Waals surface area contributed by atoms with Gasteiger partial charge >= 0.3 is 12.0 Å². The Morgan fingerprint density at radius 3 is 2.39 bits per heavy atom. The number of nitrogens with one attached hydrogen (secondary N) is 4. The zero-order chi connectivity index (χ0) is 47.8. The molecule has 4 amide bonds. The van der Waals surface area contributed by atoms with Crippen molar-refractivity contribution in [2.24, 2.45) is 16.7 Å². The van der Waals surface area contributed by atoms with Gasteiger partial charge in [-0.05, 0) is 74.8 Å². The molecule has 4 fully saturated rings. The van der Waals surface area contributed by atoms with E-state index >= 15 is 4.79 Å². The first-order valence-corrected chi connectivity index (χ1v) is 25.9. The largest absolute Gasteiger partial charge is 0.497 e. The number of fused-ring (bicyclic) bond motifs is 1. The summed E-state index contributed by atoms with van der Waals surface area (Å²) in [5.74, 6) is -1.35. The lowest BCUT2D eigenvalue weighted by Crippen LogP contribution is -2.63. The number of benzene rings is 1. The highest BCUT2D eigenvalue weighted by Gasteiger charge is 2.62. The maximum Gasteiger partial charge on any atom is 0.329 e. The number of aromatic nitrogens is 2. The summed E-state index contributed by atoms with van der Waals surface area (Å²) in [5, 5.41) is 25.9. The number of aliphatic carboxylic acids is 1. The third-order valence-electron chi connectivity index (χ3n) is 14.0. The third kappa shape index (κ3) is 10.7. The van der Waals surface area contributed by atoms with Crippen molar-refractivity contribution in [2.75, 3.05) is 37.8 Å². The lowest BCUT2D eigenvalue weighted by Gasteiger charge is -2.43. The fourth-order valence-electron chi connectivity index (χ4n) is 9.85. The van der Waals surface area contributed by atoms with Crippen LogP contribution in [0.25, 0.3) is 22.3 Å². The van der Waals surface area contributed by atoms with E-state index in [9.17, 15) is 27.9 Å². The average Bonchev–Trinajstić information content (AvgIpc) is 3.52. The van der Waals surface area contributed by atoms with Gasteiger partial charge in [0.1, 0.15) is 40.9 Å². The van der Waals surface area contributed by atoms with Gasteiger partial charge in [-0.3, -0.25) is 9.59 Å². The van der Waals surface area contributed by atoms with Gasteiger partial charge in [-0.15, -0.1) is 11.3 Å². The van der Waals surface area contributed by atoms with Gasteiger partial charge in [0.25, 0.3) is 0 Å². The summed E-state index contributed by atoms with van der Waals surface area (Å²) in [6, 6.07) is 4.01. The highest BCUT2D eigenvalue weighted by Crippen LogP contribution is 2.47. The molecule has 66 heavy (non-hydrogen) atoms. The second-order valence-electron chi connectivity index (χ2n) is 20.3. The number of carboxylic acids is 1. The fraction of sp³-hybridized carbons (Fsp3) is 0.660. The van der Waals surface area contributed by atoms with Crippen LogP contribution in [0.2, 0.25) is 0 Å². The molecule has 17 nitrogen and oxygen atoms in total. The maximum atomic E-state index is 15.4. The van der Waals surface area contributed by atoms with Crippen molar-refractivity contribution in [1.82, 2.24) is 35.1 Å². The van der Waals surface area contributed by atoms with Gasteiger partial charge in [-0.2, -0.15) is 4.31 Å². The van der Waals surface area contributed by atoms with Crippen LogP contribution in [0.5, 0.6) is 11.5 Å². The number of amides is 4. The first-order chi connectivity index (χ1) is 31.2. The molecule has 4 heterocycles. The number of rotatable bonds is 16. The van der Waals surface area contributed by atoms with Crippen LogP contribution in [0.4, 0.5) is 9.93 Å². The topological polar surface area (TPSA) is 221 Å². The molecule has 362 valence electrons. The van der Waals surface area contributed by atoms with Crippen molar-refractivity contribution in [3.05, 3.63) is 29.6 Å². The van der Waals surface area contributed by atoms with Crippen molar-refractivity contribution in [3.63, 3.8) is 0 Å². The molecule has 2 aliphatic carbocycles. The molecule has 2 aliphatic heterocycles. The lowest BCUT2D eigenvalue weighted by atomic mass is 9.70. The van der Waals surface area contributed by atoms with Gasteiger partial charge < -0.3 is 40.7 Å². The minimum atomic E-state index is -3.49. The summed E-state index contributed by atoms with van der Waals surface area (Å²) in [5.41, 5.74) is -0.918. The zero-order valence-electron chi connectivity index (χ0n) is 39.6. The van der Waals surface area contributed by atoms with Gasteiger partial charge in [-0.25, -0.2) is 28.0 Å². The van der Waals surface area contributed by atoms with Crippen molar-refractivity contribution in [1.29, 1.82) is 0 Å². The molecule has 6 atom stereocenters. The molecule has 7 rings (SSSR count). The molecule has 2 saturated heterocycles. The summed E-state index contributed by atoms with van der Waals surface area (Å²) in [6.07, 6.45) is 5.41. The molecule has 0 bridgehead atoms. The number of carboxylic acid groups (broad SMARTS) is 1. The molecule has 1 aromatic carbocycles. The predicted octanol–water partition coefficient (Wildman–Crippen LogP) is 6.38. The standard InChI is InChI=1S/C47H68N8O9S2/c1-9-29-24-47(29,42(58)59)53-40(56)36-22-31(64-37-23-34(35-27-65-44(50-35)48-28(2)3)49-33-21-30(63-8)15-16-32(33)37)25-55(36)41(57)39(46(7)17-11-10-12-18-46)52-43(60)51-38(45(4,5)6)26-54-19-13-14-20-66(54,61)62/h15-16,21,23,27-29,31,36,38-39H,9-14,17-20,22,24-26H2,1-8H3,(H,48,50)(H,53,56)(H,58,59)(H2,51,52,60)/t29?,31-,36+,38?,39-,47-/m1/s1. The summed E-state index contributed by atoms with van der Waals surface area (Å²) in [7, 11) is -1.91. The maximum absolute atomic E-state index is 15.4. The number of pyridine rings is 1. The fourth-order valence-corrected chi connectivity index (χ4v) is 12.3. The number of sulfonamides is 1. The number of hydrogen-bond acceptors (Lipinski definition) is 12. The molecule has 4 aliphatic rings. The Bertz CT molecular complexity index is 2400. The van der Waals surface area contributed by atoms with Crippen molar-refractivity contribution < 1.29 is 42.2 Å². The van der Waals surface area contributed by atoms with Gasteiger partial charge in [0.05, 0.1) is 30.6 Å². The SMILES string of the molecule is CCC1C[C@]1(NC(=O)[C@@H]1C[C@@H](Oc2cc(-c3csc(NC(C)C)n3)nc3cc(OC)ccc23)CN1C(=O)[C@@H](NC(=O)NC(CN1CCCCS1(=O)=O)C(C)(C)C)C1(C)CCCCC1)C(=O)O. The van der Waals surface area contributed by atoms with Crippen LogP contribution in [0, 0.1) is 16.7 Å². The minimum absolute atomic E-state index is 0.0318.